The summed E-state index contributed by atoms with van der Waals surface area (Å²) in [6, 6.07) is 14.0. The smallest absolute Gasteiger partial charge is 0.216 e. The fourth-order valence-corrected chi connectivity index (χ4v) is 5.15. The maximum Gasteiger partial charge on any atom is 0.216 e. The molecule has 1 unspecified atom stereocenters. The molecule has 5 aromatic rings. The zero-order valence-corrected chi connectivity index (χ0v) is 18.6. The van der Waals surface area contributed by atoms with Gasteiger partial charge in [0.25, 0.3) is 0 Å². The predicted octanol–water partition coefficient (Wildman–Crippen LogP) is 7.21. The first-order valence-corrected chi connectivity index (χ1v) is 10.8. The van der Waals surface area contributed by atoms with Gasteiger partial charge in [-0.25, -0.2) is 4.57 Å². The monoisotopic (exact) mass is 443 g/mol. The van der Waals surface area contributed by atoms with Gasteiger partial charge in [0, 0.05) is 59.4 Å². The summed E-state index contributed by atoms with van der Waals surface area (Å²) >= 11 is 0. The molecule has 3 aromatic heterocycles. The van der Waals surface area contributed by atoms with E-state index in [9.17, 15) is 0 Å². The predicted molar refractivity (Wildman–Crippen MR) is 135 cm³/mol. The van der Waals surface area contributed by atoms with Crippen LogP contribution in [0.15, 0.2) is 65.3 Å². The summed E-state index contributed by atoms with van der Waals surface area (Å²) in [6.07, 6.45) is 3.13. The molecule has 0 N–H and O–H groups in total. The molecule has 0 fully saturated rings. The second kappa shape index (κ2) is 6.77. The van der Waals surface area contributed by atoms with Gasteiger partial charge in [0.15, 0.2) is 6.20 Å². The minimum Gasteiger partial charge on any atom is -0.455 e. The van der Waals surface area contributed by atoms with Crippen LogP contribution in [0.5, 0.6) is 0 Å². The number of fused-ring (bicyclic) bond motifs is 7. The maximum absolute atomic E-state index is 8.73. The van der Waals surface area contributed by atoms with Crippen molar-refractivity contribution in [3.05, 3.63) is 83.3 Å². The van der Waals surface area contributed by atoms with E-state index in [2.05, 4.69) is 4.98 Å². The molecule has 0 saturated heterocycles. The van der Waals surface area contributed by atoms with Gasteiger partial charge in [-0.2, -0.15) is 0 Å². The summed E-state index contributed by atoms with van der Waals surface area (Å²) in [5, 5.41) is 1.42. The normalized spacial score (nSPS) is 23.1. The van der Waals surface area contributed by atoms with Crippen LogP contribution in [0, 0.1) is 6.92 Å². The van der Waals surface area contributed by atoms with Crippen molar-refractivity contribution in [1.29, 1.82) is 0 Å². The van der Waals surface area contributed by atoms with Crippen molar-refractivity contribution in [1.82, 2.24) is 4.98 Å². The number of furan rings is 1. The third-order valence-corrected chi connectivity index (χ3v) is 6.78. The van der Waals surface area contributed by atoms with Crippen LogP contribution in [0.25, 0.3) is 44.3 Å². The first-order valence-electron chi connectivity index (χ1n) is 15.8. The lowest BCUT2D eigenvalue weighted by Crippen LogP contribution is -2.31. The number of hydrogen-bond donors (Lipinski definition) is 0. The number of pyridine rings is 2. The highest BCUT2D eigenvalue weighted by Crippen LogP contribution is 2.52. The average Bonchev–Trinajstić information content (AvgIpc) is 3.41. The van der Waals surface area contributed by atoms with Crippen LogP contribution < -0.4 is 4.57 Å². The lowest BCUT2D eigenvalue weighted by molar-refractivity contribution is -0.660. The molecule has 1 aliphatic rings. The van der Waals surface area contributed by atoms with Gasteiger partial charge in [-0.05, 0) is 55.4 Å². The van der Waals surface area contributed by atoms with Crippen molar-refractivity contribution >= 4 is 21.9 Å². The Kier molecular flexibility index (Phi) is 2.49. The van der Waals surface area contributed by atoms with E-state index in [1.54, 1.807) is 30.8 Å². The highest BCUT2D eigenvalue weighted by molar-refractivity contribution is 6.12. The maximum atomic E-state index is 8.73. The van der Waals surface area contributed by atoms with Crippen molar-refractivity contribution in [2.45, 2.75) is 45.7 Å². The Bertz CT molecular complexity index is 1940. The van der Waals surface area contributed by atoms with E-state index in [4.69, 9.17) is 18.1 Å². The number of rotatable bonds is 2. The van der Waals surface area contributed by atoms with Crippen LogP contribution in [0.4, 0.5) is 0 Å². The molecule has 3 nitrogen and oxygen atoms in total. The Morgan fingerprint density at radius 3 is 2.70 bits per heavy atom. The molecule has 0 radical (unpaired) electrons. The van der Waals surface area contributed by atoms with Crippen LogP contribution in [-0.2, 0) is 12.5 Å². The second-order valence-corrected chi connectivity index (χ2v) is 8.91. The largest absolute Gasteiger partial charge is 0.455 e. The molecule has 0 spiro atoms. The zero-order chi connectivity index (χ0) is 31.5. The topological polar surface area (TPSA) is 29.9 Å². The Balaban J connectivity index is 1.69. The molecule has 3 heteroatoms. The fraction of sp³-hybridized carbons (Fsp3) is 0.267. The molecule has 164 valence electrons. The van der Waals surface area contributed by atoms with E-state index >= 15 is 0 Å². The molecule has 1 atom stereocenters. The van der Waals surface area contributed by atoms with Gasteiger partial charge in [0.05, 0.1) is 11.3 Å². The van der Waals surface area contributed by atoms with E-state index in [0.29, 0.717) is 44.5 Å². The molecule has 2 aromatic carbocycles. The van der Waals surface area contributed by atoms with Gasteiger partial charge in [0.2, 0.25) is 5.69 Å². The van der Waals surface area contributed by atoms with Crippen LogP contribution in [-0.4, -0.2) is 4.98 Å². The van der Waals surface area contributed by atoms with Crippen LogP contribution in [0.2, 0.25) is 0 Å². The average molecular weight is 444 g/mol. The SMILES string of the molecule is [2H]C([2H])([2H])C1(C)c2ncccc2-c2ccc3c(oc4c(-c5cc(C([2H])(C([2H])([2H])[2H])C([2H])([2H])[2H])cc[n+]5C)c(C)ccc43)c21. The summed E-state index contributed by atoms with van der Waals surface area (Å²) in [7, 11) is 1.74. The van der Waals surface area contributed by atoms with Gasteiger partial charge in [-0.1, -0.05) is 38.0 Å². The number of nitrogens with zero attached hydrogens (tertiary/aromatic N) is 2. The lowest BCUT2D eigenvalue weighted by Gasteiger charge is -2.20. The van der Waals surface area contributed by atoms with Crippen molar-refractivity contribution < 1.29 is 22.7 Å². The van der Waals surface area contributed by atoms with Gasteiger partial charge in [-0.15, -0.1) is 0 Å². The van der Waals surface area contributed by atoms with Crippen LogP contribution in [0.3, 0.4) is 0 Å². The van der Waals surface area contributed by atoms with Gasteiger partial charge >= 0.3 is 0 Å². The molecule has 0 bridgehead atoms. The Morgan fingerprint density at radius 1 is 1.06 bits per heavy atom. The second-order valence-electron chi connectivity index (χ2n) is 8.91. The number of aromatic nitrogens is 2. The van der Waals surface area contributed by atoms with E-state index in [0.717, 1.165) is 16.7 Å². The van der Waals surface area contributed by atoms with Crippen molar-refractivity contribution in [3.63, 3.8) is 0 Å². The molecule has 33 heavy (non-hydrogen) atoms. The lowest BCUT2D eigenvalue weighted by atomic mass is 9.84. The molecular formula is C30H29N2O+. The van der Waals surface area contributed by atoms with E-state index < -0.39 is 31.9 Å². The van der Waals surface area contributed by atoms with E-state index in [1.165, 1.54) is 18.3 Å². The highest BCUT2D eigenvalue weighted by Gasteiger charge is 2.40. The Morgan fingerprint density at radius 2 is 1.88 bits per heavy atom. The number of hydrogen-bond acceptors (Lipinski definition) is 2. The van der Waals surface area contributed by atoms with E-state index in [-0.39, 0.29) is 5.56 Å². The highest BCUT2D eigenvalue weighted by atomic mass is 16.3. The molecule has 6 rings (SSSR count). The van der Waals surface area contributed by atoms with Gasteiger partial charge in [-0.3, -0.25) is 4.98 Å². The molecule has 3 heterocycles. The number of benzene rings is 2. The van der Waals surface area contributed by atoms with Gasteiger partial charge < -0.3 is 4.42 Å². The zero-order valence-electron chi connectivity index (χ0n) is 28.6. The quantitative estimate of drug-likeness (QED) is 0.270. The van der Waals surface area contributed by atoms with Crippen LogP contribution >= 0.6 is 0 Å². The molecule has 0 saturated carbocycles. The summed E-state index contributed by atoms with van der Waals surface area (Å²) in [5.74, 6) is -2.88. The molecule has 0 aliphatic heterocycles. The third-order valence-electron chi connectivity index (χ3n) is 6.78. The first-order chi connectivity index (χ1) is 19.8. The number of aryl methyl sites for hydroxylation is 2. The third kappa shape index (κ3) is 2.68. The van der Waals surface area contributed by atoms with Crippen molar-refractivity contribution in [2.75, 3.05) is 0 Å². The van der Waals surface area contributed by atoms with Crippen molar-refractivity contribution in [2.24, 2.45) is 7.05 Å². The first kappa shape index (κ1) is 12.1. The summed E-state index contributed by atoms with van der Waals surface area (Å²) in [4.78, 5) is 4.50. The molecule has 0 amide bonds. The van der Waals surface area contributed by atoms with Crippen LogP contribution in [0.1, 0.15) is 69.5 Å². The van der Waals surface area contributed by atoms with E-state index in [1.807, 2.05) is 37.3 Å². The minimum atomic E-state index is -3.14. The molecular weight excluding hydrogens is 404 g/mol. The minimum absolute atomic E-state index is 0.175. The fourth-order valence-electron chi connectivity index (χ4n) is 5.15. The Labute approximate surface area is 208 Å². The summed E-state index contributed by atoms with van der Waals surface area (Å²) in [5.41, 5.74) is 3.45. The summed E-state index contributed by atoms with van der Waals surface area (Å²) < 4.78 is 90.6. The summed E-state index contributed by atoms with van der Waals surface area (Å²) in [6.45, 7) is -5.21. The van der Waals surface area contributed by atoms with Crippen molar-refractivity contribution in [3.8, 4) is 22.4 Å². The standard InChI is InChI=1S/C30H29N2O/c1-17(2)19-13-15-32(6)24(16-19)25-18(3)9-10-21-22-12-11-20-23-8-7-14-31-29(23)30(4,5)26(20)28(22)33-27(21)25/h7-17H,1-6H3/q+1/i1D3,2D3,4D3,17D. The van der Waals surface area contributed by atoms with Gasteiger partial charge in [0.1, 0.15) is 18.2 Å². The Hall–Kier alpha value is -3.46. The molecule has 1 aliphatic carbocycles.